The molecule has 1 aromatic carbocycles. The van der Waals surface area contributed by atoms with Crippen molar-refractivity contribution in [1.82, 2.24) is 10.2 Å². The molecule has 25 heavy (non-hydrogen) atoms. The van der Waals surface area contributed by atoms with Gasteiger partial charge in [-0.1, -0.05) is 32.0 Å². The zero-order valence-corrected chi connectivity index (χ0v) is 13.9. The molecule has 0 spiro atoms. The summed E-state index contributed by atoms with van der Waals surface area (Å²) in [5.74, 6) is -1.07. The van der Waals surface area contributed by atoms with E-state index in [4.69, 9.17) is 0 Å². The van der Waals surface area contributed by atoms with E-state index in [9.17, 15) is 25.0 Å². The fourth-order valence-corrected chi connectivity index (χ4v) is 3.39. The first-order valence-corrected chi connectivity index (χ1v) is 7.87. The summed E-state index contributed by atoms with van der Waals surface area (Å²) in [6.45, 7) is 4.77. The van der Waals surface area contributed by atoms with Crippen molar-refractivity contribution in [1.29, 1.82) is 0 Å². The normalized spacial score (nSPS) is 22.2. The lowest BCUT2D eigenvalue weighted by atomic mass is 9.84. The second-order valence-electron chi connectivity index (χ2n) is 7.06. The molecule has 2 heterocycles. The molecular weight excluding hydrogens is 328 g/mol. The van der Waals surface area contributed by atoms with E-state index in [-0.39, 0.29) is 40.5 Å². The Morgan fingerprint density at radius 1 is 1.20 bits per heavy atom. The summed E-state index contributed by atoms with van der Waals surface area (Å²) >= 11 is 0. The Bertz CT molecular complexity index is 801. The number of carbonyl (C=O) groups is 1. The van der Waals surface area contributed by atoms with Gasteiger partial charge in [-0.3, -0.25) is 29.9 Å². The molecule has 0 aromatic heterocycles. The van der Waals surface area contributed by atoms with E-state index in [1.165, 1.54) is 23.1 Å². The van der Waals surface area contributed by atoms with E-state index in [1.807, 2.05) is 13.8 Å². The molecule has 1 fully saturated rings. The second-order valence-corrected chi connectivity index (χ2v) is 7.06. The molecule has 9 heteroatoms. The standard InChI is InChI=1S/C16H18N4O5/c1-16(2)8-17-15-14(20(24)25)11(7-13(21)18(15)9-16)10-5-3-4-6-12(10)19(22)23/h3-6,11,17H,7-9H2,1-2H3. The molecule has 0 bridgehead atoms. The van der Waals surface area contributed by atoms with Crippen LogP contribution in [0, 0.1) is 25.6 Å². The van der Waals surface area contributed by atoms with Crippen LogP contribution in [0.2, 0.25) is 0 Å². The average Bonchev–Trinajstić information content (AvgIpc) is 2.54. The third kappa shape index (κ3) is 2.92. The smallest absolute Gasteiger partial charge is 0.294 e. The third-order valence-electron chi connectivity index (χ3n) is 4.55. The Kier molecular flexibility index (Phi) is 3.94. The molecule has 1 unspecified atom stereocenters. The molecule has 1 atom stereocenters. The zero-order chi connectivity index (χ0) is 18.4. The molecule has 1 aromatic rings. The minimum absolute atomic E-state index is 0.156. The van der Waals surface area contributed by atoms with Crippen molar-refractivity contribution >= 4 is 11.6 Å². The van der Waals surface area contributed by atoms with E-state index in [0.29, 0.717) is 13.1 Å². The molecule has 1 N–H and O–H groups in total. The van der Waals surface area contributed by atoms with Crippen molar-refractivity contribution in [3.8, 4) is 0 Å². The van der Waals surface area contributed by atoms with Gasteiger partial charge in [0, 0.05) is 36.6 Å². The van der Waals surface area contributed by atoms with Gasteiger partial charge in [-0.2, -0.15) is 0 Å². The predicted octanol–water partition coefficient (Wildman–Crippen LogP) is 1.99. The lowest BCUT2D eigenvalue weighted by molar-refractivity contribution is -0.434. The highest BCUT2D eigenvalue weighted by Crippen LogP contribution is 2.41. The number of nitro benzene ring substituents is 1. The van der Waals surface area contributed by atoms with E-state index in [1.54, 1.807) is 6.07 Å². The number of nitrogens with zero attached hydrogens (tertiary/aromatic N) is 3. The summed E-state index contributed by atoms with van der Waals surface area (Å²) in [5, 5.41) is 26.0. The predicted molar refractivity (Wildman–Crippen MR) is 88.0 cm³/mol. The number of allylic oxidation sites excluding steroid dienone is 1. The van der Waals surface area contributed by atoms with E-state index >= 15 is 0 Å². The number of carbonyl (C=O) groups excluding carboxylic acids is 1. The maximum Gasteiger partial charge on any atom is 0.294 e. The molecule has 1 saturated heterocycles. The SMILES string of the molecule is CC1(C)CNC2=C([N+](=O)[O-])C(c3ccccc3[N+](=O)[O-])CC(=O)N2C1. The Labute approximate surface area is 143 Å². The molecule has 0 aliphatic carbocycles. The van der Waals surface area contributed by atoms with Gasteiger partial charge in [-0.15, -0.1) is 0 Å². The van der Waals surface area contributed by atoms with Crippen molar-refractivity contribution in [2.45, 2.75) is 26.2 Å². The quantitative estimate of drug-likeness (QED) is 0.660. The van der Waals surface area contributed by atoms with E-state index < -0.39 is 15.8 Å². The number of nitrogens with one attached hydrogen (secondary N) is 1. The Balaban J connectivity index is 2.15. The lowest BCUT2D eigenvalue weighted by Crippen LogP contribution is -2.55. The topological polar surface area (TPSA) is 119 Å². The van der Waals surface area contributed by atoms with Crippen molar-refractivity contribution in [3.63, 3.8) is 0 Å². The van der Waals surface area contributed by atoms with Crippen molar-refractivity contribution in [2.75, 3.05) is 13.1 Å². The zero-order valence-electron chi connectivity index (χ0n) is 13.9. The van der Waals surface area contributed by atoms with Gasteiger partial charge in [0.1, 0.15) is 0 Å². The molecule has 2 aliphatic heterocycles. The van der Waals surface area contributed by atoms with Crippen LogP contribution in [0.25, 0.3) is 0 Å². The maximum atomic E-state index is 12.6. The maximum absolute atomic E-state index is 12.6. The summed E-state index contributed by atoms with van der Waals surface area (Å²) in [4.78, 5) is 35.9. The van der Waals surface area contributed by atoms with Crippen LogP contribution in [0.3, 0.4) is 0 Å². The second kappa shape index (κ2) is 5.83. The van der Waals surface area contributed by atoms with Crippen LogP contribution in [0.4, 0.5) is 5.69 Å². The summed E-state index contributed by atoms with van der Waals surface area (Å²) in [5.41, 5.74) is -0.438. The minimum Gasteiger partial charge on any atom is -0.365 e. The average molecular weight is 346 g/mol. The van der Waals surface area contributed by atoms with Gasteiger partial charge in [0.2, 0.25) is 5.91 Å². The van der Waals surface area contributed by atoms with Crippen molar-refractivity contribution in [3.05, 3.63) is 61.6 Å². The number of rotatable bonds is 3. The molecule has 1 amide bonds. The van der Waals surface area contributed by atoms with Gasteiger partial charge in [0.25, 0.3) is 11.4 Å². The number of hydrogen-bond donors (Lipinski definition) is 1. The highest BCUT2D eigenvalue weighted by atomic mass is 16.6. The summed E-state index contributed by atoms with van der Waals surface area (Å²) in [6.07, 6.45) is -0.164. The number of benzene rings is 1. The van der Waals surface area contributed by atoms with Gasteiger partial charge in [-0.05, 0) is 0 Å². The van der Waals surface area contributed by atoms with Crippen LogP contribution in [0.5, 0.6) is 0 Å². The first-order valence-electron chi connectivity index (χ1n) is 7.87. The highest BCUT2D eigenvalue weighted by molar-refractivity contribution is 5.81. The fraction of sp³-hybridized carbons (Fsp3) is 0.438. The van der Waals surface area contributed by atoms with Crippen LogP contribution in [-0.2, 0) is 4.79 Å². The number of para-hydroxylation sites is 1. The highest BCUT2D eigenvalue weighted by Gasteiger charge is 2.47. The van der Waals surface area contributed by atoms with Crippen LogP contribution in [0.15, 0.2) is 35.8 Å². The number of amides is 1. The van der Waals surface area contributed by atoms with Crippen molar-refractivity contribution < 1.29 is 14.6 Å². The summed E-state index contributed by atoms with van der Waals surface area (Å²) < 4.78 is 0. The van der Waals surface area contributed by atoms with Crippen LogP contribution < -0.4 is 5.32 Å². The first kappa shape index (κ1) is 16.9. The Hall–Kier alpha value is -2.97. The summed E-state index contributed by atoms with van der Waals surface area (Å²) in [6, 6.07) is 5.85. The molecule has 0 saturated carbocycles. The van der Waals surface area contributed by atoms with Crippen molar-refractivity contribution in [2.24, 2.45) is 5.41 Å². The van der Waals surface area contributed by atoms with Gasteiger partial charge in [0.15, 0.2) is 5.82 Å². The Morgan fingerprint density at radius 3 is 2.52 bits per heavy atom. The molecule has 2 aliphatic rings. The number of fused-ring (bicyclic) bond motifs is 1. The number of hydrogen-bond acceptors (Lipinski definition) is 6. The monoisotopic (exact) mass is 346 g/mol. The largest absolute Gasteiger partial charge is 0.365 e. The molecule has 0 radical (unpaired) electrons. The van der Waals surface area contributed by atoms with Gasteiger partial charge < -0.3 is 5.32 Å². The minimum atomic E-state index is -0.955. The van der Waals surface area contributed by atoms with Crippen LogP contribution >= 0.6 is 0 Å². The van der Waals surface area contributed by atoms with Gasteiger partial charge in [-0.25, -0.2) is 0 Å². The number of nitro groups is 2. The molecule has 3 rings (SSSR count). The molecule has 9 nitrogen and oxygen atoms in total. The third-order valence-corrected chi connectivity index (χ3v) is 4.55. The van der Waals surface area contributed by atoms with E-state index in [2.05, 4.69) is 5.32 Å². The Morgan fingerprint density at radius 2 is 1.88 bits per heavy atom. The van der Waals surface area contributed by atoms with Crippen LogP contribution in [0.1, 0.15) is 31.7 Å². The molecule has 132 valence electrons. The summed E-state index contributed by atoms with van der Waals surface area (Å²) in [7, 11) is 0. The van der Waals surface area contributed by atoms with Crippen LogP contribution in [-0.4, -0.2) is 33.7 Å². The van der Waals surface area contributed by atoms with E-state index in [0.717, 1.165) is 0 Å². The van der Waals surface area contributed by atoms with Gasteiger partial charge >= 0.3 is 0 Å². The molecular formula is C16H18N4O5. The lowest BCUT2D eigenvalue weighted by Gasteiger charge is -2.42. The first-order chi connectivity index (χ1) is 11.7. The fourth-order valence-electron chi connectivity index (χ4n) is 3.39. The van der Waals surface area contributed by atoms with Gasteiger partial charge in [0.05, 0.1) is 15.8 Å².